The molecule has 1 aliphatic rings. The molecular formula is C23H23FN4O3. The van der Waals surface area contributed by atoms with Crippen molar-refractivity contribution < 1.29 is 15.7 Å². The Morgan fingerprint density at radius 2 is 2.10 bits per heavy atom. The number of amides is 1. The first-order valence-corrected chi connectivity index (χ1v) is 9.91. The van der Waals surface area contributed by atoms with E-state index in [2.05, 4.69) is 15.3 Å². The van der Waals surface area contributed by atoms with Crippen LogP contribution >= 0.6 is 0 Å². The van der Waals surface area contributed by atoms with E-state index in [0.717, 1.165) is 0 Å². The van der Waals surface area contributed by atoms with Crippen molar-refractivity contribution in [3.8, 4) is 11.1 Å². The smallest absolute Gasteiger partial charge is 0.258 e. The van der Waals surface area contributed by atoms with Crippen LogP contribution < -0.4 is 10.9 Å². The summed E-state index contributed by atoms with van der Waals surface area (Å²) in [6.07, 6.45) is 3.07. The minimum atomic E-state index is -1.96. The lowest BCUT2D eigenvalue weighted by Gasteiger charge is -2.13. The molecule has 160 valence electrons. The molecule has 3 heterocycles. The lowest BCUT2D eigenvalue weighted by Crippen LogP contribution is -2.20. The van der Waals surface area contributed by atoms with Crippen molar-refractivity contribution in [2.24, 2.45) is 13.0 Å². The van der Waals surface area contributed by atoms with E-state index in [1.807, 2.05) is 0 Å². The molecule has 0 radical (unpaired) electrons. The number of alkyl halides is 1. The van der Waals surface area contributed by atoms with Crippen LogP contribution in [0.1, 0.15) is 32.1 Å². The monoisotopic (exact) mass is 423 g/mol. The number of allylic oxidation sites excluding steroid dienone is 1. The molecule has 0 aliphatic heterocycles. The lowest BCUT2D eigenvalue weighted by molar-refractivity contribution is -0.117. The standard InChI is InChI=1S/C23H23FN4O3/c1-4-5-20(29)18-6-12(2)16(11-25-18)14-7-13-10-26-21(9-19(13)28(3)23(14)31)27-22(30)15-8-17(15)24/h4-7,9-11,15,17,20,29H,8H2,1-3H3,(H,26,27,30)/t15-,17+,20?/m0/s1/i20D. The topological polar surface area (TPSA) is 97.1 Å². The van der Waals surface area contributed by atoms with E-state index in [1.165, 1.54) is 16.8 Å². The van der Waals surface area contributed by atoms with Crippen LogP contribution in [0.3, 0.4) is 0 Å². The molecule has 1 fully saturated rings. The number of fused-ring (bicyclic) bond motifs is 1. The number of halogens is 1. The summed E-state index contributed by atoms with van der Waals surface area (Å²) in [5.41, 5.74) is 2.10. The minimum absolute atomic E-state index is 0.155. The molecular weight excluding hydrogens is 399 g/mol. The number of carbonyl (C=O) groups is 1. The molecule has 1 aliphatic carbocycles. The number of nitrogens with zero attached hydrogens (tertiary/aromatic N) is 3. The molecule has 3 atom stereocenters. The van der Waals surface area contributed by atoms with E-state index in [1.54, 1.807) is 51.4 Å². The average Bonchev–Trinajstić information content (AvgIpc) is 3.48. The molecule has 1 amide bonds. The van der Waals surface area contributed by atoms with Gasteiger partial charge in [0.1, 0.15) is 18.1 Å². The number of anilines is 1. The number of hydrogen-bond donors (Lipinski definition) is 2. The molecule has 3 aromatic rings. The van der Waals surface area contributed by atoms with Gasteiger partial charge in [0.15, 0.2) is 0 Å². The fourth-order valence-electron chi connectivity index (χ4n) is 3.50. The van der Waals surface area contributed by atoms with Crippen LogP contribution in [0.2, 0.25) is 0 Å². The fraction of sp³-hybridized carbons (Fsp3) is 0.304. The second kappa shape index (κ2) is 8.03. The van der Waals surface area contributed by atoms with Crippen molar-refractivity contribution >= 4 is 22.6 Å². The second-order valence-corrected chi connectivity index (χ2v) is 7.67. The molecule has 0 saturated heterocycles. The highest BCUT2D eigenvalue weighted by atomic mass is 19.1. The van der Waals surface area contributed by atoms with E-state index in [-0.39, 0.29) is 23.5 Å². The van der Waals surface area contributed by atoms with Crippen LogP contribution in [-0.4, -0.2) is 31.7 Å². The third kappa shape index (κ3) is 3.98. The Morgan fingerprint density at radius 3 is 2.74 bits per heavy atom. The number of aromatic nitrogens is 3. The van der Waals surface area contributed by atoms with Gasteiger partial charge in [-0.25, -0.2) is 9.37 Å². The third-order valence-electron chi connectivity index (χ3n) is 5.40. The predicted octanol–water partition coefficient (Wildman–Crippen LogP) is 3.21. The number of rotatable bonds is 5. The van der Waals surface area contributed by atoms with Gasteiger partial charge in [-0.2, -0.15) is 0 Å². The van der Waals surface area contributed by atoms with Crippen molar-refractivity contribution in [1.82, 2.24) is 14.5 Å². The molecule has 1 unspecified atom stereocenters. The highest BCUT2D eigenvalue weighted by Gasteiger charge is 2.43. The zero-order chi connectivity index (χ0) is 23.2. The van der Waals surface area contributed by atoms with E-state index in [0.29, 0.717) is 27.6 Å². The van der Waals surface area contributed by atoms with Crippen molar-refractivity contribution in [1.29, 1.82) is 0 Å². The maximum Gasteiger partial charge on any atom is 0.258 e. The first kappa shape index (κ1) is 19.6. The van der Waals surface area contributed by atoms with Gasteiger partial charge in [0, 0.05) is 42.0 Å². The third-order valence-corrected chi connectivity index (χ3v) is 5.40. The summed E-state index contributed by atoms with van der Waals surface area (Å²) in [5, 5.41) is 13.5. The summed E-state index contributed by atoms with van der Waals surface area (Å²) in [5.74, 6) is -0.795. The molecule has 7 nitrogen and oxygen atoms in total. The van der Waals surface area contributed by atoms with Crippen molar-refractivity contribution in [3.05, 3.63) is 64.4 Å². The average molecular weight is 423 g/mol. The summed E-state index contributed by atoms with van der Waals surface area (Å²) in [7, 11) is 1.62. The molecule has 8 heteroatoms. The van der Waals surface area contributed by atoms with Crippen LogP contribution in [0.5, 0.6) is 0 Å². The van der Waals surface area contributed by atoms with Gasteiger partial charge >= 0.3 is 0 Å². The Labute approximate surface area is 179 Å². The lowest BCUT2D eigenvalue weighted by atomic mass is 10.0. The number of pyridine rings is 3. The summed E-state index contributed by atoms with van der Waals surface area (Å²) in [6.45, 7) is 3.48. The fourth-order valence-corrected chi connectivity index (χ4v) is 3.50. The molecule has 1 saturated carbocycles. The van der Waals surface area contributed by atoms with Gasteiger partial charge in [0.2, 0.25) is 5.91 Å². The van der Waals surface area contributed by atoms with Crippen LogP contribution in [0.25, 0.3) is 22.0 Å². The van der Waals surface area contributed by atoms with Gasteiger partial charge in [0.25, 0.3) is 5.56 Å². The Kier molecular flexibility index (Phi) is 5.07. The van der Waals surface area contributed by atoms with Crippen LogP contribution in [0.4, 0.5) is 10.2 Å². The summed E-state index contributed by atoms with van der Waals surface area (Å²) < 4.78 is 22.6. The van der Waals surface area contributed by atoms with Gasteiger partial charge in [-0.05, 0) is 38.0 Å². The first-order chi connectivity index (χ1) is 15.1. The number of hydrogen-bond acceptors (Lipinski definition) is 5. The van der Waals surface area contributed by atoms with Gasteiger partial charge in [-0.1, -0.05) is 12.2 Å². The normalized spacial score (nSPS) is 20.5. The van der Waals surface area contributed by atoms with Crippen LogP contribution in [0, 0.1) is 12.8 Å². The molecule has 31 heavy (non-hydrogen) atoms. The predicted molar refractivity (Wildman–Crippen MR) is 116 cm³/mol. The molecule has 0 aromatic carbocycles. The maximum atomic E-state index is 13.1. The second-order valence-electron chi connectivity index (χ2n) is 7.67. The van der Waals surface area contributed by atoms with Gasteiger partial charge in [0.05, 0.1) is 18.5 Å². The molecule has 2 N–H and O–H groups in total. The number of nitrogens with one attached hydrogen (secondary N) is 1. The van der Waals surface area contributed by atoms with Gasteiger partial charge in [-0.3, -0.25) is 14.6 Å². The minimum Gasteiger partial charge on any atom is -0.383 e. The first-order valence-electron chi connectivity index (χ1n) is 10.4. The van der Waals surface area contributed by atoms with Crippen molar-refractivity contribution in [2.45, 2.75) is 32.5 Å². The molecule has 0 spiro atoms. The Morgan fingerprint density at radius 1 is 1.35 bits per heavy atom. The Hall–Kier alpha value is -3.39. The van der Waals surface area contributed by atoms with Gasteiger partial charge < -0.3 is 15.0 Å². The number of carbonyl (C=O) groups excluding carboxylic acids is 1. The molecule has 4 rings (SSSR count). The zero-order valence-corrected chi connectivity index (χ0v) is 17.4. The summed E-state index contributed by atoms with van der Waals surface area (Å²) in [4.78, 5) is 33.5. The van der Waals surface area contributed by atoms with Crippen molar-refractivity contribution in [3.63, 3.8) is 0 Å². The van der Waals surface area contributed by atoms with E-state index < -0.39 is 24.1 Å². The quantitative estimate of drug-likeness (QED) is 0.614. The van der Waals surface area contributed by atoms with E-state index in [9.17, 15) is 19.1 Å². The van der Waals surface area contributed by atoms with Crippen LogP contribution in [-0.2, 0) is 11.8 Å². The van der Waals surface area contributed by atoms with E-state index in [4.69, 9.17) is 1.37 Å². The maximum absolute atomic E-state index is 13.1. The summed E-state index contributed by atoms with van der Waals surface area (Å²) in [6, 6.07) is 4.86. The Bertz CT molecular complexity index is 1320. The molecule has 0 bridgehead atoms. The number of aryl methyl sites for hydroxylation is 2. The molecule has 3 aromatic heterocycles. The zero-order valence-electron chi connectivity index (χ0n) is 18.4. The Balaban J connectivity index is 1.73. The largest absolute Gasteiger partial charge is 0.383 e. The highest BCUT2D eigenvalue weighted by molar-refractivity contribution is 5.95. The van der Waals surface area contributed by atoms with E-state index >= 15 is 0 Å². The van der Waals surface area contributed by atoms with Gasteiger partial charge in [-0.15, -0.1) is 0 Å². The summed E-state index contributed by atoms with van der Waals surface area (Å²) >= 11 is 0. The number of aliphatic hydroxyl groups is 1. The van der Waals surface area contributed by atoms with Crippen LogP contribution in [0.15, 0.2) is 47.5 Å². The SMILES string of the molecule is [2H]C(O)(C=CC)c1cc(C)c(-c2cc3cnc(NC(=O)[C@H]4C[C@H]4F)cc3n(C)c2=O)cn1. The van der Waals surface area contributed by atoms with Crippen molar-refractivity contribution in [2.75, 3.05) is 5.32 Å². The highest BCUT2D eigenvalue weighted by Crippen LogP contribution is 2.34.